The molecule has 0 bridgehead atoms. The molecule has 1 fully saturated rings. The van der Waals surface area contributed by atoms with Crippen molar-refractivity contribution in [3.63, 3.8) is 0 Å². The van der Waals surface area contributed by atoms with Gasteiger partial charge in [-0.1, -0.05) is 57.6 Å². The molecule has 5 nitrogen and oxygen atoms in total. The number of allylic oxidation sites excluding steroid dienone is 2. The average Bonchev–Trinajstić information content (AvgIpc) is 3.46. The van der Waals surface area contributed by atoms with E-state index in [9.17, 15) is 9.59 Å². The largest absolute Gasteiger partial charge is 0.366 e. The summed E-state index contributed by atoms with van der Waals surface area (Å²) in [7, 11) is 0. The van der Waals surface area contributed by atoms with Gasteiger partial charge in [-0.25, -0.2) is 0 Å². The average molecular weight is 505 g/mol. The van der Waals surface area contributed by atoms with Gasteiger partial charge in [-0.3, -0.25) is 9.59 Å². The number of hydrogen-bond donors (Lipinski definition) is 0. The maximum absolute atomic E-state index is 13.0. The van der Waals surface area contributed by atoms with E-state index in [1.165, 1.54) is 0 Å². The highest BCUT2D eigenvalue weighted by Crippen LogP contribution is 2.38. The lowest BCUT2D eigenvalue weighted by Crippen LogP contribution is -2.34. The first-order valence-electron chi connectivity index (χ1n) is 14.0. The van der Waals surface area contributed by atoms with Crippen molar-refractivity contribution in [1.82, 2.24) is 9.80 Å². The molecule has 1 aromatic rings. The van der Waals surface area contributed by atoms with Gasteiger partial charge in [0, 0.05) is 37.3 Å². The lowest BCUT2D eigenvalue weighted by atomic mass is 9.83. The monoisotopic (exact) mass is 504 g/mol. The number of carbonyl (C=O) groups excluding carboxylic acids is 2. The summed E-state index contributed by atoms with van der Waals surface area (Å²) >= 11 is 0. The standard InChI is InChI=1S/C32H44N2O3/c1-6-19-32(20-7-2)23-29(26-14-16-27(17-15-26)31(36)33(9-4)10-5)28(24-37-32)18-13-25(8-3)30(35)34-21-11-12-22-34/h8,13-18,23H,3,6-7,9-12,19-22,24H2,1-2,4-5H3/b25-13+,28-18+. The van der Waals surface area contributed by atoms with Gasteiger partial charge in [0.2, 0.25) is 0 Å². The first-order chi connectivity index (χ1) is 17.9. The second-order valence-electron chi connectivity index (χ2n) is 9.98. The van der Waals surface area contributed by atoms with Crippen molar-refractivity contribution in [2.24, 2.45) is 0 Å². The van der Waals surface area contributed by atoms with Crippen LogP contribution in [-0.2, 0) is 9.53 Å². The van der Waals surface area contributed by atoms with Crippen LogP contribution in [0.5, 0.6) is 0 Å². The number of rotatable bonds is 11. The Morgan fingerprint density at radius 2 is 1.65 bits per heavy atom. The number of nitrogens with zero attached hydrogens (tertiary/aromatic N) is 2. The number of hydrogen-bond acceptors (Lipinski definition) is 3. The second kappa shape index (κ2) is 13.6. The van der Waals surface area contributed by atoms with Crippen molar-refractivity contribution in [2.45, 2.75) is 71.8 Å². The Morgan fingerprint density at radius 3 is 2.19 bits per heavy atom. The minimum atomic E-state index is -0.303. The highest BCUT2D eigenvalue weighted by atomic mass is 16.5. The molecule has 0 spiro atoms. The molecule has 3 rings (SSSR count). The summed E-state index contributed by atoms with van der Waals surface area (Å²) in [5, 5.41) is 0. The van der Waals surface area contributed by atoms with Crippen molar-refractivity contribution >= 4 is 17.4 Å². The fourth-order valence-electron chi connectivity index (χ4n) is 5.37. The molecule has 200 valence electrons. The van der Waals surface area contributed by atoms with Crippen molar-refractivity contribution < 1.29 is 14.3 Å². The highest BCUT2D eigenvalue weighted by Gasteiger charge is 2.32. The van der Waals surface area contributed by atoms with Crippen LogP contribution in [0, 0.1) is 0 Å². The summed E-state index contributed by atoms with van der Waals surface area (Å²) < 4.78 is 6.50. The molecular weight excluding hydrogens is 460 g/mol. The minimum Gasteiger partial charge on any atom is -0.366 e. The van der Waals surface area contributed by atoms with E-state index < -0.39 is 0 Å². The third-order valence-electron chi connectivity index (χ3n) is 7.43. The van der Waals surface area contributed by atoms with Gasteiger partial charge in [0.1, 0.15) is 0 Å². The molecule has 0 saturated carbocycles. The van der Waals surface area contributed by atoms with E-state index in [2.05, 4.69) is 26.5 Å². The van der Waals surface area contributed by atoms with Crippen molar-refractivity contribution in [2.75, 3.05) is 32.8 Å². The number of carbonyl (C=O) groups is 2. The molecule has 0 N–H and O–H groups in total. The zero-order valence-corrected chi connectivity index (χ0v) is 23.2. The number of benzene rings is 1. The van der Waals surface area contributed by atoms with Crippen LogP contribution in [0.4, 0.5) is 0 Å². The quantitative estimate of drug-likeness (QED) is 0.253. The maximum atomic E-state index is 13.0. The molecule has 2 aliphatic rings. The molecule has 1 saturated heterocycles. The van der Waals surface area contributed by atoms with Gasteiger partial charge in [-0.05, 0) is 80.5 Å². The molecule has 2 amide bonds. The zero-order valence-electron chi connectivity index (χ0n) is 23.2. The van der Waals surface area contributed by atoms with E-state index >= 15 is 0 Å². The van der Waals surface area contributed by atoms with Gasteiger partial charge >= 0.3 is 0 Å². The molecule has 0 aromatic heterocycles. The van der Waals surface area contributed by atoms with E-state index in [0.29, 0.717) is 30.8 Å². The third kappa shape index (κ3) is 6.89. The summed E-state index contributed by atoms with van der Waals surface area (Å²) in [6.45, 7) is 15.8. The normalized spacial score (nSPS) is 18.6. The van der Waals surface area contributed by atoms with Crippen LogP contribution in [0.2, 0.25) is 0 Å². The predicted molar refractivity (Wildman–Crippen MR) is 152 cm³/mol. The maximum Gasteiger partial charge on any atom is 0.253 e. The Bertz CT molecular complexity index is 1030. The lowest BCUT2D eigenvalue weighted by Gasteiger charge is -2.37. The summed E-state index contributed by atoms with van der Waals surface area (Å²) in [5.41, 5.74) is 4.20. The smallest absolute Gasteiger partial charge is 0.253 e. The van der Waals surface area contributed by atoms with Crippen LogP contribution in [-0.4, -0.2) is 60.0 Å². The molecule has 1 aromatic carbocycles. The first-order valence-corrected chi connectivity index (χ1v) is 14.0. The number of likely N-dealkylation sites (tertiary alicyclic amines) is 1. The fourth-order valence-corrected chi connectivity index (χ4v) is 5.37. The number of ether oxygens (including phenoxy) is 1. The SMILES string of the molecule is C=C/C(=C\C=C1/COC(CCC)(CCC)C=C1c1ccc(C(=O)N(CC)CC)cc1)C(=O)N1CCCC1. The summed E-state index contributed by atoms with van der Waals surface area (Å²) in [5.74, 6) is 0.0933. The summed E-state index contributed by atoms with van der Waals surface area (Å²) in [6.07, 6.45) is 13.9. The third-order valence-corrected chi connectivity index (χ3v) is 7.43. The molecule has 37 heavy (non-hydrogen) atoms. The Balaban J connectivity index is 2.00. The van der Waals surface area contributed by atoms with Gasteiger partial charge in [0.25, 0.3) is 11.8 Å². The Kier molecular flexibility index (Phi) is 10.5. The molecule has 2 aliphatic heterocycles. The molecule has 0 radical (unpaired) electrons. The Morgan fingerprint density at radius 1 is 1.03 bits per heavy atom. The predicted octanol–water partition coefficient (Wildman–Crippen LogP) is 6.58. The van der Waals surface area contributed by atoms with Gasteiger partial charge in [0.05, 0.1) is 12.2 Å². The topological polar surface area (TPSA) is 49.9 Å². The van der Waals surface area contributed by atoms with Gasteiger partial charge in [-0.15, -0.1) is 0 Å². The van der Waals surface area contributed by atoms with E-state index in [1.807, 2.05) is 60.1 Å². The zero-order chi connectivity index (χ0) is 26.8. The summed E-state index contributed by atoms with van der Waals surface area (Å²) in [4.78, 5) is 29.5. The van der Waals surface area contributed by atoms with Crippen LogP contribution in [0.15, 0.2) is 66.3 Å². The molecule has 0 unspecified atom stereocenters. The minimum absolute atomic E-state index is 0.0391. The van der Waals surface area contributed by atoms with Crippen molar-refractivity contribution in [1.29, 1.82) is 0 Å². The van der Waals surface area contributed by atoms with Crippen LogP contribution < -0.4 is 0 Å². The van der Waals surface area contributed by atoms with Gasteiger partial charge < -0.3 is 14.5 Å². The number of amides is 2. The molecule has 0 atom stereocenters. The summed E-state index contributed by atoms with van der Waals surface area (Å²) in [6, 6.07) is 7.93. The van der Waals surface area contributed by atoms with E-state index in [0.717, 1.165) is 68.3 Å². The molecular formula is C32H44N2O3. The van der Waals surface area contributed by atoms with Crippen molar-refractivity contribution in [3.05, 3.63) is 77.4 Å². The first kappa shape index (κ1) is 28.6. The van der Waals surface area contributed by atoms with E-state index in [1.54, 1.807) is 6.08 Å². The van der Waals surface area contributed by atoms with Crippen LogP contribution in [0.1, 0.15) is 82.1 Å². The van der Waals surface area contributed by atoms with Gasteiger partial charge in [0.15, 0.2) is 0 Å². The molecule has 5 heteroatoms. The van der Waals surface area contributed by atoms with Crippen LogP contribution in [0.3, 0.4) is 0 Å². The van der Waals surface area contributed by atoms with Gasteiger partial charge in [-0.2, -0.15) is 0 Å². The molecule has 0 aliphatic carbocycles. The Hall–Kier alpha value is -2.92. The van der Waals surface area contributed by atoms with E-state index in [4.69, 9.17) is 4.74 Å². The highest BCUT2D eigenvalue weighted by molar-refractivity contribution is 5.97. The van der Waals surface area contributed by atoms with Crippen LogP contribution >= 0.6 is 0 Å². The Labute approximate surface area is 223 Å². The van der Waals surface area contributed by atoms with Crippen LogP contribution in [0.25, 0.3) is 5.57 Å². The molecule has 2 heterocycles. The van der Waals surface area contributed by atoms with E-state index in [-0.39, 0.29) is 17.4 Å². The lowest BCUT2D eigenvalue weighted by molar-refractivity contribution is -0.125. The second-order valence-corrected chi connectivity index (χ2v) is 9.98. The fraction of sp³-hybridized carbons (Fsp3) is 0.500. The van der Waals surface area contributed by atoms with Crippen molar-refractivity contribution in [3.8, 4) is 0 Å².